The fourth-order valence-electron chi connectivity index (χ4n) is 2.06. The molecule has 1 atom stereocenters. The molecular formula is C21H35ClO3. The summed E-state index contributed by atoms with van der Waals surface area (Å²) in [6.07, 6.45) is 17.7. The normalized spacial score (nSPS) is 18.6. The molecule has 0 bridgehead atoms. The first-order valence-electron chi connectivity index (χ1n) is 11.5. The van der Waals surface area contributed by atoms with E-state index in [9.17, 15) is 9.90 Å². The zero-order valence-corrected chi connectivity index (χ0v) is 15.9. The summed E-state index contributed by atoms with van der Waals surface area (Å²) in [7, 11) is 0. The van der Waals surface area contributed by atoms with Crippen LogP contribution >= 0.6 is 11.6 Å². The van der Waals surface area contributed by atoms with Crippen LogP contribution in [0.3, 0.4) is 0 Å². The number of halogens is 1. The van der Waals surface area contributed by atoms with Crippen LogP contribution in [0.1, 0.15) is 78.0 Å². The number of allylic oxidation sites excluding steroid dienone is 6. The highest BCUT2D eigenvalue weighted by Crippen LogP contribution is 2.08. The number of ether oxygens (including phenoxy) is 1. The zero-order chi connectivity index (χ0) is 23.1. The van der Waals surface area contributed by atoms with Crippen molar-refractivity contribution < 1.29 is 21.5 Å². The molecule has 0 unspecified atom stereocenters. The first kappa shape index (κ1) is 16.1. The maximum absolute atomic E-state index is 11.7. The van der Waals surface area contributed by atoms with Crippen LogP contribution in [-0.4, -0.2) is 29.5 Å². The van der Waals surface area contributed by atoms with Gasteiger partial charge in [-0.3, -0.25) is 4.79 Å². The SMILES string of the molecule is [2H]C([2H])(Cl)[C@]([2H])(O)C([2H])([2H])OC(=O)CCCCCCC/C=C\C/C=C\C/C=C\CC. The maximum atomic E-state index is 11.7. The third-order valence-electron chi connectivity index (χ3n) is 3.38. The van der Waals surface area contributed by atoms with E-state index in [2.05, 4.69) is 48.1 Å². The van der Waals surface area contributed by atoms with Crippen LogP contribution in [0.2, 0.25) is 0 Å². The fourth-order valence-corrected chi connectivity index (χ4v) is 2.10. The number of hydrogen-bond donors (Lipinski definition) is 1. The molecular weight excluding hydrogens is 336 g/mol. The summed E-state index contributed by atoms with van der Waals surface area (Å²) in [4.78, 5) is 11.7. The molecule has 0 amide bonds. The molecule has 0 heterocycles. The molecule has 0 aromatic rings. The van der Waals surface area contributed by atoms with Gasteiger partial charge >= 0.3 is 5.97 Å². The second-order valence-corrected chi connectivity index (χ2v) is 5.81. The number of carbonyl (C=O) groups is 1. The highest BCUT2D eigenvalue weighted by Gasteiger charge is 2.07. The van der Waals surface area contributed by atoms with Crippen molar-refractivity contribution in [2.75, 3.05) is 12.4 Å². The smallest absolute Gasteiger partial charge is 0.305 e. The average Bonchev–Trinajstić information content (AvgIpc) is 2.63. The summed E-state index contributed by atoms with van der Waals surface area (Å²) in [5.74, 6) is -4.05. The van der Waals surface area contributed by atoms with Crippen LogP contribution in [0.4, 0.5) is 0 Å². The van der Waals surface area contributed by atoms with Crippen molar-refractivity contribution in [1.29, 1.82) is 0 Å². The predicted molar refractivity (Wildman–Crippen MR) is 107 cm³/mol. The van der Waals surface area contributed by atoms with E-state index < -0.39 is 24.4 Å². The molecule has 0 radical (unpaired) electrons. The Bertz CT molecular complexity index is 569. The van der Waals surface area contributed by atoms with Gasteiger partial charge in [0.1, 0.15) is 12.6 Å². The molecule has 0 aliphatic carbocycles. The largest absolute Gasteiger partial charge is 0.463 e. The highest BCUT2D eigenvalue weighted by atomic mass is 35.5. The van der Waals surface area contributed by atoms with Gasteiger partial charge in [0, 0.05) is 9.16 Å². The molecule has 4 heteroatoms. The number of rotatable bonds is 16. The minimum atomic E-state index is -3.42. The molecule has 1 N–H and O–H groups in total. The fraction of sp³-hybridized carbons (Fsp3) is 0.667. The number of alkyl halides is 1. The van der Waals surface area contributed by atoms with E-state index in [0.29, 0.717) is 6.42 Å². The van der Waals surface area contributed by atoms with E-state index in [-0.39, 0.29) is 6.42 Å². The number of hydrogen-bond acceptors (Lipinski definition) is 3. The van der Waals surface area contributed by atoms with Gasteiger partial charge in [0.15, 0.2) is 0 Å². The molecule has 0 aromatic heterocycles. The molecule has 0 aliphatic rings. The zero-order valence-electron chi connectivity index (χ0n) is 20.2. The molecule has 0 fully saturated rings. The van der Waals surface area contributed by atoms with Gasteiger partial charge in [-0.25, -0.2) is 0 Å². The maximum Gasteiger partial charge on any atom is 0.305 e. The van der Waals surface area contributed by atoms with Crippen LogP contribution in [0.15, 0.2) is 36.5 Å². The van der Waals surface area contributed by atoms with E-state index >= 15 is 0 Å². The Balaban J connectivity index is 3.83. The number of unbranched alkanes of at least 4 members (excludes halogenated alkanes) is 5. The second-order valence-electron chi connectivity index (χ2n) is 5.62. The van der Waals surface area contributed by atoms with Crippen molar-refractivity contribution in [2.45, 2.75) is 77.2 Å². The minimum absolute atomic E-state index is 0.0689. The van der Waals surface area contributed by atoms with E-state index in [1.807, 2.05) is 0 Å². The van der Waals surface area contributed by atoms with Gasteiger partial charge in [0.25, 0.3) is 0 Å². The number of esters is 1. The topological polar surface area (TPSA) is 46.5 Å². The van der Waals surface area contributed by atoms with Gasteiger partial charge in [-0.2, -0.15) is 0 Å². The van der Waals surface area contributed by atoms with E-state index in [4.69, 9.17) is 18.5 Å². The lowest BCUT2D eigenvalue weighted by atomic mass is 10.1. The first-order valence-corrected chi connectivity index (χ1v) is 9.41. The molecule has 0 aliphatic heterocycles. The van der Waals surface area contributed by atoms with Gasteiger partial charge in [-0.05, 0) is 38.5 Å². The van der Waals surface area contributed by atoms with Crippen molar-refractivity contribution in [3.05, 3.63) is 36.5 Å². The summed E-state index contributed by atoms with van der Waals surface area (Å²) in [6, 6.07) is 0. The van der Waals surface area contributed by atoms with Crippen LogP contribution in [0.25, 0.3) is 0 Å². The third kappa shape index (κ3) is 19.1. The van der Waals surface area contributed by atoms with E-state index in [1.165, 1.54) is 0 Å². The van der Waals surface area contributed by atoms with Gasteiger partial charge < -0.3 is 9.84 Å². The standard InChI is InChI=1S/C21H35ClO3/c1-2-3-4-5-6-7-8-9-10-11-12-13-14-15-16-17-21(24)25-19-20(23)18-22/h3-4,6-7,9-10,20,23H,2,5,8,11-19H2,1H3/b4-3-,7-6-,10-9-/t20-/m0/s1/i18D2,19D2,20D. The summed E-state index contributed by atoms with van der Waals surface area (Å²) >= 11 is 5.19. The Morgan fingerprint density at radius 3 is 2.36 bits per heavy atom. The second kappa shape index (κ2) is 19.3. The Kier molecular flexibility index (Phi) is 12.4. The summed E-state index contributed by atoms with van der Waals surface area (Å²) in [5.41, 5.74) is 0. The Hall–Kier alpha value is -1.06. The highest BCUT2D eigenvalue weighted by molar-refractivity contribution is 6.18. The first-order chi connectivity index (χ1) is 14.0. The van der Waals surface area contributed by atoms with Crippen LogP contribution in [0.5, 0.6) is 0 Å². The van der Waals surface area contributed by atoms with Crippen molar-refractivity contribution >= 4 is 17.6 Å². The lowest BCUT2D eigenvalue weighted by Crippen LogP contribution is -2.19. The van der Waals surface area contributed by atoms with Gasteiger partial charge in [0.2, 0.25) is 0 Å². The molecule has 25 heavy (non-hydrogen) atoms. The molecule has 3 nitrogen and oxygen atoms in total. The van der Waals surface area contributed by atoms with Crippen molar-refractivity contribution in [3.8, 4) is 0 Å². The number of carbonyl (C=O) groups excluding carboxylic acids is 1. The molecule has 0 saturated carbocycles. The third-order valence-corrected chi connectivity index (χ3v) is 3.56. The number of aliphatic hydroxyl groups is 1. The van der Waals surface area contributed by atoms with Crippen LogP contribution in [0, 0.1) is 0 Å². The molecule has 0 saturated heterocycles. The van der Waals surface area contributed by atoms with Crippen LogP contribution in [-0.2, 0) is 9.53 Å². The van der Waals surface area contributed by atoms with Gasteiger partial charge in [-0.15, -0.1) is 11.6 Å². The molecule has 0 spiro atoms. The van der Waals surface area contributed by atoms with Gasteiger partial charge in [0.05, 0.1) is 9.94 Å². The quantitative estimate of drug-likeness (QED) is 0.162. The van der Waals surface area contributed by atoms with E-state index in [1.54, 1.807) is 0 Å². The monoisotopic (exact) mass is 375 g/mol. The predicted octanol–water partition coefficient (Wildman–Crippen LogP) is 5.72. The Morgan fingerprint density at radius 1 is 1.08 bits per heavy atom. The van der Waals surface area contributed by atoms with E-state index in [0.717, 1.165) is 51.4 Å². The lowest BCUT2D eigenvalue weighted by molar-refractivity contribution is -0.146. The van der Waals surface area contributed by atoms with Gasteiger partial charge in [-0.1, -0.05) is 62.6 Å². The summed E-state index contributed by atoms with van der Waals surface area (Å²) < 4.78 is 41.0. The molecule has 0 rings (SSSR count). The molecule has 144 valence electrons. The van der Waals surface area contributed by atoms with Crippen molar-refractivity contribution in [3.63, 3.8) is 0 Å². The minimum Gasteiger partial charge on any atom is -0.463 e. The van der Waals surface area contributed by atoms with Crippen molar-refractivity contribution in [2.24, 2.45) is 0 Å². The lowest BCUT2D eigenvalue weighted by Gasteiger charge is -2.07. The average molecular weight is 376 g/mol. The summed E-state index contributed by atoms with van der Waals surface area (Å²) in [6.45, 7) is -1.14. The Labute approximate surface area is 165 Å². The Morgan fingerprint density at radius 2 is 1.68 bits per heavy atom. The molecule has 0 aromatic carbocycles. The summed E-state index contributed by atoms with van der Waals surface area (Å²) in [5, 5.41) is 9.63. The van der Waals surface area contributed by atoms with Crippen LogP contribution < -0.4 is 0 Å². The van der Waals surface area contributed by atoms with Crippen molar-refractivity contribution in [1.82, 2.24) is 0 Å².